The fourth-order valence-electron chi connectivity index (χ4n) is 4.24. The van der Waals surface area contributed by atoms with Gasteiger partial charge >= 0.3 is 0 Å². The van der Waals surface area contributed by atoms with Crippen LogP contribution in [0, 0.1) is 5.92 Å². The van der Waals surface area contributed by atoms with E-state index in [0.717, 1.165) is 11.4 Å². The van der Waals surface area contributed by atoms with Crippen molar-refractivity contribution < 1.29 is 4.79 Å². The van der Waals surface area contributed by atoms with E-state index in [1.54, 1.807) is 0 Å². The van der Waals surface area contributed by atoms with Crippen molar-refractivity contribution in [2.75, 3.05) is 19.6 Å². The van der Waals surface area contributed by atoms with E-state index in [1.165, 1.54) is 18.4 Å². The number of nitrogens with one attached hydrogen (secondary N) is 1. The molecule has 1 aliphatic heterocycles. The fraction of sp³-hybridized carbons (Fsp3) is 0.348. The summed E-state index contributed by atoms with van der Waals surface area (Å²) in [6.07, 6.45) is 2.37. The van der Waals surface area contributed by atoms with Gasteiger partial charge in [0, 0.05) is 36.1 Å². The summed E-state index contributed by atoms with van der Waals surface area (Å²) in [5.74, 6) is 2.84. The molecule has 3 aromatic rings. The molecule has 2 aliphatic rings. The number of nitrogens with two attached hydrogens (primary N) is 1. The zero-order chi connectivity index (χ0) is 19.8. The number of rotatable bonds is 5. The number of H-pyrrole nitrogens is 1. The molecule has 6 nitrogen and oxygen atoms in total. The largest absolute Gasteiger partial charge is 0.338 e. The molecule has 2 heterocycles. The van der Waals surface area contributed by atoms with Crippen LogP contribution in [0.25, 0.3) is 11.4 Å². The van der Waals surface area contributed by atoms with Crippen LogP contribution in [0.15, 0.2) is 54.6 Å². The first-order valence-corrected chi connectivity index (χ1v) is 10.3. The molecule has 7 heteroatoms. The molecule has 3 N–H and O–H groups in total. The van der Waals surface area contributed by atoms with Crippen LogP contribution < -0.4 is 5.73 Å². The summed E-state index contributed by atoms with van der Waals surface area (Å²) >= 11 is 0. The molecule has 1 saturated carbocycles. The van der Waals surface area contributed by atoms with Gasteiger partial charge in [-0.05, 0) is 43.0 Å². The standard InChI is InChI=1S/C23H25N5O.ClH/c24-12-19-13-28(14-20(19)15-4-2-1-3-5-15)23(29)18-10-8-17(9-11-18)22-25-21(26-27-22)16-6-7-16;/h1-5,8-11,16,19-20H,6-7,12-14,24H2,(H,25,26,27);1H/t19-,20+;/m1./s1. The Kier molecular flexibility index (Phi) is 5.88. The minimum Gasteiger partial charge on any atom is -0.338 e. The van der Waals surface area contributed by atoms with Crippen LogP contribution in [0.4, 0.5) is 0 Å². The van der Waals surface area contributed by atoms with Gasteiger partial charge in [0.15, 0.2) is 5.82 Å². The topological polar surface area (TPSA) is 87.9 Å². The maximum absolute atomic E-state index is 13.1. The lowest BCUT2D eigenvalue weighted by Gasteiger charge is -2.17. The van der Waals surface area contributed by atoms with Crippen LogP contribution in [0.1, 0.15) is 46.4 Å². The fourth-order valence-corrected chi connectivity index (χ4v) is 4.24. The van der Waals surface area contributed by atoms with E-state index >= 15 is 0 Å². The Labute approximate surface area is 182 Å². The molecular weight excluding hydrogens is 398 g/mol. The molecule has 1 amide bonds. The number of halogens is 1. The second-order valence-electron chi connectivity index (χ2n) is 8.12. The van der Waals surface area contributed by atoms with Crippen LogP contribution in [-0.2, 0) is 0 Å². The predicted molar refractivity (Wildman–Crippen MR) is 119 cm³/mol. The van der Waals surface area contributed by atoms with E-state index in [1.807, 2.05) is 47.4 Å². The molecular formula is C23H26ClN5O. The SMILES string of the molecule is Cl.NC[C@@H]1CN(C(=O)c2ccc(-c3n[nH]c(C4CC4)n3)cc2)C[C@H]1c1ccccc1. The van der Waals surface area contributed by atoms with Gasteiger partial charge in [0.1, 0.15) is 5.82 Å². The van der Waals surface area contributed by atoms with E-state index < -0.39 is 0 Å². The Hall–Kier alpha value is -2.70. The van der Waals surface area contributed by atoms with Crippen molar-refractivity contribution in [3.05, 3.63) is 71.5 Å². The van der Waals surface area contributed by atoms with Gasteiger partial charge in [-0.3, -0.25) is 9.89 Å². The van der Waals surface area contributed by atoms with Gasteiger partial charge in [-0.25, -0.2) is 4.98 Å². The Bertz CT molecular complexity index is 1000. The summed E-state index contributed by atoms with van der Waals surface area (Å²) in [5, 5.41) is 7.35. The summed E-state index contributed by atoms with van der Waals surface area (Å²) in [5.41, 5.74) is 8.89. The number of likely N-dealkylation sites (tertiary alicyclic amines) is 1. The number of nitrogens with zero attached hydrogens (tertiary/aromatic N) is 3. The Morgan fingerprint density at radius 2 is 1.80 bits per heavy atom. The van der Waals surface area contributed by atoms with Crippen molar-refractivity contribution in [2.24, 2.45) is 11.7 Å². The van der Waals surface area contributed by atoms with Gasteiger partial charge in [0.05, 0.1) is 0 Å². The molecule has 156 valence electrons. The van der Waals surface area contributed by atoms with Crippen molar-refractivity contribution in [3.8, 4) is 11.4 Å². The van der Waals surface area contributed by atoms with E-state index in [9.17, 15) is 4.79 Å². The van der Waals surface area contributed by atoms with Crippen LogP contribution in [0.5, 0.6) is 0 Å². The molecule has 5 rings (SSSR count). The van der Waals surface area contributed by atoms with E-state index in [2.05, 4.69) is 27.3 Å². The number of amides is 1. The normalized spacial score (nSPS) is 20.8. The summed E-state index contributed by atoms with van der Waals surface area (Å²) in [7, 11) is 0. The molecule has 2 atom stereocenters. The molecule has 2 aromatic carbocycles. The molecule has 0 unspecified atom stereocenters. The van der Waals surface area contributed by atoms with E-state index in [-0.39, 0.29) is 24.2 Å². The van der Waals surface area contributed by atoms with Crippen molar-refractivity contribution in [3.63, 3.8) is 0 Å². The highest BCUT2D eigenvalue weighted by atomic mass is 35.5. The minimum atomic E-state index is 0. The number of aromatic nitrogens is 3. The molecule has 0 bridgehead atoms. The molecule has 0 spiro atoms. The summed E-state index contributed by atoms with van der Waals surface area (Å²) in [6, 6.07) is 18.0. The maximum Gasteiger partial charge on any atom is 0.253 e. The highest BCUT2D eigenvalue weighted by molar-refractivity contribution is 5.95. The smallest absolute Gasteiger partial charge is 0.253 e. The summed E-state index contributed by atoms with van der Waals surface area (Å²) < 4.78 is 0. The third-order valence-corrected chi connectivity index (χ3v) is 6.12. The van der Waals surface area contributed by atoms with Gasteiger partial charge in [-0.2, -0.15) is 5.10 Å². The Balaban J connectivity index is 0.00000218. The highest BCUT2D eigenvalue weighted by Gasteiger charge is 2.35. The Morgan fingerprint density at radius 3 is 2.47 bits per heavy atom. The number of aromatic amines is 1. The van der Waals surface area contributed by atoms with Gasteiger partial charge < -0.3 is 10.6 Å². The quantitative estimate of drug-likeness (QED) is 0.656. The summed E-state index contributed by atoms with van der Waals surface area (Å²) in [4.78, 5) is 19.6. The monoisotopic (exact) mass is 423 g/mol. The average Bonchev–Trinajstić information content (AvgIpc) is 3.35. The molecule has 0 radical (unpaired) electrons. The van der Waals surface area contributed by atoms with Crippen LogP contribution >= 0.6 is 12.4 Å². The van der Waals surface area contributed by atoms with Crippen molar-refractivity contribution in [1.29, 1.82) is 0 Å². The number of benzene rings is 2. The van der Waals surface area contributed by atoms with Crippen molar-refractivity contribution in [1.82, 2.24) is 20.1 Å². The molecule has 1 saturated heterocycles. The molecule has 2 fully saturated rings. The molecule has 1 aliphatic carbocycles. The third-order valence-electron chi connectivity index (χ3n) is 6.12. The zero-order valence-electron chi connectivity index (χ0n) is 16.7. The van der Waals surface area contributed by atoms with Crippen LogP contribution in [0.3, 0.4) is 0 Å². The first kappa shape index (κ1) is 20.6. The van der Waals surface area contributed by atoms with Crippen LogP contribution in [0.2, 0.25) is 0 Å². The average molecular weight is 424 g/mol. The van der Waals surface area contributed by atoms with E-state index in [4.69, 9.17) is 5.73 Å². The van der Waals surface area contributed by atoms with Gasteiger partial charge in [-0.15, -0.1) is 12.4 Å². The zero-order valence-corrected chi connectivity index (χ0v) is 17.5. The van der Waals surface area contributed by atoms with E-state index in [0.29, 0.717) is 42.9 Å². The number of carbonyl (C=O) groups excluding carboxylic acids is 1. The maximum atomic E-state index is 13.1. The number of carbonyl (C=O) groups is 1. The first-order valence-electron chi connectivity index (χ1n) is 10.3. The highest BCUT2D eigenvalue weighted by Crippen LogP contribution is 2.38. The number of hydrogen-bond acceptors (Lipinski definition) is 4. The third kappa shape index (κ3) is 3.98. The van der Waals surface area contributed by atoms with Crippen molar-refractivity contribution in [2.45, 2.75) is 24.7 Å². The van der Waals surface area contributed by atoms with Crippen LogP contribution in [-0.4, -0.2) is 45.6 Å². The van der Waals surface area contributed by atoms with Crippen molar-refractivity contribution >= 4 is 18.3 Å². The van der Waals surface area contributed by atoms with Gasteiger partial charge in [-0.1, -0.05) is 42.5 Å². The number of hydrogen-bond donors (Lipinski definition) is 2. The van der Waals surface area contributed by atoms with Gasteiger partial charge in [0.2, 0.25) is 0 Å². The Morgan fingerprint density at radius 1 is 1.07 bits per heavy atom. The lowest BCUT2D eigenvalue weighted by atomic mass is 9.89. The minimum absolute atomic E-state index is 0. The molecule has 30 heavy (non-hydrogen) atoms. The second-order valence-corrected chi connectivity index (χ2v) is 8.12. The molecule has 1 aromatic heterocycles. The lowest BCUT2D eigenvalue weighted by molar-refractivity contribution is 0.0786. The summed E-state index contributed by atoms with van der Waals surface area (Å²) in [6.45, 7) is 1.98. The first-order chi connectivity index (χ1) is 14.2. The second kappa shape index (κ2) is 8.58. The van der Waals surface area contributed by atoms with Gasteiger partial charge in [0.25, 0.3) is 5.91 Å². The predicted octanol–water partition coefficient (Wildman–Crippen LogP) is 3.59. The lowest BCUT2D eigenvalue weighted by Crippen LogP contribution is -2.29.